The Balaban J connectivity index is 1.59. The maximum absolute atomic E-state index is 13.8. The van der Waals surface area contributed by atoms with Gasteiger partial charge in [0.25, 0.3) is 5.91 Å². The largest absolute Gasteiger partial charge is 0.496 e. The van der Waals surface area contributed by atoms with Crippen molar-refractivity contribution >= 4 is 23.5 Å². The van der Waals surface area contributed by atoms with Crippen LogP contribution in [0, 0.1) is 0 Å². The van der Waals surface area contributed by atoms with Gasteiger partial charge in [0, 0.05) is 11.3 Å². The highest BCUT2D eigenvalue weighted by atomic mass is 32.2. The van der Waals surface area contributed by atoms with Crippen LogP contribution in [-0.2, 0) is 12.6 Å². The van der Waals surface area contributed by atoms with Crippen molar-refractivity contribution in [1.29, 1.82) is 0 Å². The highest BCUT2D eigenvalue weighted by Crippen LogP contribution is 2.39. The Morgan fingerprint density at radius 1 is 1.03 bits per heavy atom. The van der Waals surface area contributed by atoms with Crippen LogP contribution < -0.4 is 15.2 Å². The molecule has 4 rings (SSSR count). The predicted molar refractivity (Wildman–Crippen MR) is 146 cm³/mol. The van der Waals surface area contributed by atoms with Gasteiger partial charge in [0.05, 0.1) is 17.6 Å². The average molecular weight is 544 g/mol. The topological polar surface area (TPSA) is 67.6 Å². The lowest BCUT2D eigenvalue weighted by Gasteiger charge is -2.18. The van der Waals surface area contributed by atoms with E-state index in [0.717, 1.165) is 56.1 Å². The zero-order valence-corrected chi connectivity index (χ0v) is 22.1. The van der Waals surface area contributed by atoms with Gasteiger partial charge in [-0.15, -0.1) is 0 Å². The molecule has 9 heteroatoms. The number of nitrogens with one attached hydrogen (secondary N) is 1. The quantitative estimate of drug-likeness (QED) is 0.213. The lowest BCUT2D eigenvalue weighted by atomic mass is 9.92. The molecular weight excluding hydrogens is 511 g/mol. The number of carbonyl (C=O) groups is 1. The fourth-order valence-corrected chi connectivity index (χ4v) is 5.28. The molecule has 0 unspecified atom stereocenters. The summed E-state index contributed by atoms with van der Waals surface area (Å²) in [5.41, 5.74) is 1.69. The number of benzene rings is 3. The normalized spacial score (nSPS) is 14.0. The Bertz CT molecular complexity index is 1260. The van der Waals surface area contributed by atoms with Gasteiger partial charge < -0.3 is 15.0 Å². The maximum Gasteiger partial charge on any atom is 0.417 e. The number of amides is 1. The fraction of sp³-hybridized carbons (Fsp3) is 0.345. The van der Waals surface area contributed by atoms with Gasteiger partial charge >= 0.3 is 6.18 Å². The van der Waals surface area contributed by atoms with Crippen LogP contribution in [-0.4, -0.2) is 37.6 Å². The second kappa shape index (κ2) is 12.7. The number of anilines is 1. The van der Waals surface area contributed by atoms with E-state index < -0.39 is 11.7 Å². The molecule has 0 aromatic heterocycles. The van der Waals surface area contributed by atoms with Crippen molar-refractivity contribution in [2.45, 2.75) is 43.2 Å². The number of nitrogens with two attached hydrogens (primary N) is 1. The van der Waals surface area contributed by atoms with Gasteiger partial charge in [0.15, 0.2) is 0 Å². The van der Waals surface area contributed by atoms with Gasteiger partial charge in [-0.25, -0.2) is 0 Å². The molecule has 0 saturated carbocycles. The highest BCUT2D eigenvalue weighted by molar-refractivity contribution is 7.97. The minimum atomic E-state index is -4.47. The molecule has 1 aliphatic heterocycles. The number of hydrogen-bond acceptors (Lipinski definition) is 5. The van der Waals surface area contributed by atoms with Gasteiger partial charge in [0.2, 0.25) is 0 Å². The number of ether oxygens (including phenoxy) is 1. The van der Waals surface area contributed by atoms with Crippen LogP contribution in [0.15, 0.2) is 65.6 Å². The molecule has 38 heavy (non-hydrogen) atoms. The lowest BCUT2D eigenvalue weighted by molar-refractivity contribution is -0.137. The zero-order chi connectivity index (χ0) is 27.1. The third-order valence-electron chi connectivity index (χ3n) is 6.81. The Kier molecular flexibility index (Phi) is 9.35. The van der Waals surface area contributed by atoms with Crippen LogP contribution >= 0.6 is 11.9 Å². The zero-order valence-electron chi connectivity index (χ0n) is 21.3. The highest BCUT2D eigenvalue weighted by Gasteiger charge is 2.33. The minimum Gasteiger partial charge on any atom is -0.496 e. The van der Waals surface area contributed by atoms with Crippen LogP contribution in [0.2, 0.25) is 0 Å². The first-order valence-corrected chi connectivity index (χ1v) is 13.6. The number of methoxy groups -OCH3 is 1. The van der Waals surface area contributed by atoms with E-state index in [-0.39, 0.29) is 11.5 Å². The first-order valence-electron chi connectivity index (χ1n) is 12.7. The van der Waals surface area contributed by atoms with Crippen LogP contribution in [0.3, 0.4) is 0 Å². The molecule has 1 fully saturated rings. The minimum absolute atomic E-state index is 0.145. The van der Waals surface area contributed by atoms with Crippen LogP contribution in [0.4, 0.5) is 18.9 Å². The summed E-state index contributed by atoms with van der Waals surface area (Å²) < 4.78 is 46.8. The van der Waals surface area contributed by atoms with E-state index in [4.69, 9.17) is 9.88 Å². The third kappa shape index (κ3) is 6.89. The predicted octanol–water partition coefficient (Wildman–Crippen LogP) is 7.02. The summed E-state index contributed by atoms with van der Waals surface area (Å²) in [7, 11) is 1.50. The van der Waals surface area contributed by atoms with Crippen LogP contribution in [0.25, 0.3) is 11.1 Å². The number of likely N-dealkylation sites (tertiary alicyclic amines) is 1. The van der Waals surface area contributed by atoms with Crippen molar-refractivity contribution in [3.05, 3.63) is 77.4 Å². The van der Waals surface area contributed by atoms with Gasteiger partial charge in [-0.1, -0.05) is 24.3 Å². The second-order valence-electron chi connectivity index (χ2n) is 9.36. The summed E-state index contributed by atoms with van der Waals surface area (Å²) in [5.74, 6) is 0.142. The van der Waals surface area contributed by atoms with E-state index in [1.807, 2.05) is 0 Å². The molecule has 3 aromatic rings. The first-order chi connectivity index (χ1) is 18.3. The van der Waals surface area contributed by atoms with Gasteiger partial charge in [0.1, 0.15) is 5.75 Å². The van der Waals surface area contributed by atoms with E-state index in [2.05, 4.69) is 10.2 Å². The second-order valence-corrected chi connectivity index (χ2v) is 10.0. The van der Waals surface area contributed by atoms with E-state index in [1.54, 1.807) is 42.5 Å². The summed E-state index contributed by atoms with van der Waals surface area (Å²) in [6.07, 6.45) is 0.380. The number of halogens is 3. The molecule has 0 atom stereocenters. The summed E-state index contributed by atoms with van der Waals surface area (Å²) >= 11 is 1.03. The summed E-state index contributed by atoms with van der Waals surface area (Å²) in [4.78, 5) is 16.1. The molecule has 0 bridgehead atoms. The summed E-state index contributed by atoms with van der Waals surface area (Å²) in [5, 5.41) is 8.52. The fourth-order valence-electron chi connectivity index (χ4n) is 4.87. The lowest BCUT2D eigenvalue weighted by Crippen LogP contribution is -2.20. The molecule has 0 aliphatic carbocycles. The number of aryl methyl sites for hydroxylation is 1. The van der Waals surface area contributed by atoms with Crippen molar-refractivity contribution in [3.63, 3.8) is 0 Å². The van der Waals surface area contributed by atoms with Gasteiger partial charge in [-0.05, 0) is 117 Å². The van der Waals surface area contributed by atoms with E-state index in [1.165, 1.54) is 32.1 Å². The Hall–Kier alpha value is -3.01. The molecule has 1 heterocycles. The molecule has 0 spiro atoms. The molecule has 1 amide bonds. The molecule has 3 aromatic carbocycles. The molecular formula is C29H32F3N3O2S. The van der Waals surface area contributed by atoms with Gasteiger partial charge in [-0.2, -0.15) is 13.2 Å². The Morgan fingerprint density at radius 3 is 2.50 bits per heavy atom. The van der Waals surface area contributed by atoms with Crippen molar-refractivity contribution < 1.29 is 22.7 Å². The molecule has 5 nitrogen and oxygen atoms in total. The molecule has 1 aliphatic rings. The smallest absolute Gasteiger partial charge is 0.417 e. The van der Waals surface area contributed by atoms with Crippen LogP contribution in [0.1, 0.15) is 47.2 Å². The first kappa shape index (κ1) is 28.0. The number of unbranched alkanes of at least 4 members (excludes halogenated alkanes) is 1. The number of alkyl halides is 3. The number of hydrogen-bond donors (Lipinski definition) is 2. The average Bonchev–Trinajstić information content (AvgIpc) is 3.44. The SMILES string of the molecule is COc1cc(C(=O)Nc2ccc(-c3ccccc3C(F)(F)F)c(CCCCN3CCCC3)c2)ccc1SN. The molecule has 3 N–H and O–H groups in total. The molecule has 202 valence electrons. The van der Waals surface area contributed by atoms with E-state index in [9.17, 15) is 18.0 Å². The monoisotopic (exact) mass is 543 g/mol. The van der Waals surface area contributed by atoms with E-state index >= 15 is 0 Å². The summed E-state index contributed by atoms with van der Waals surface area (Å²) in [6, 6.07) is 15.7. The maximum atomic E-state index is 13.8. The number of carbonyl (C=O) groups excluding carboxylic acids is 1. The summed E-state index contributed by atoms with van der Waals surface area (Å²) in [6.45, 7) is 3.22. The van der Waals surface area contributed by atoms with Crippen molar-refractivity contribution in [2.75, 3.05) is 32.1 Å². The van der Waals surface area contributed by atoms with Gasteiger partial charge in [-0.3, -0.25) is 9.93 Å². The Morgan fingerprint density at radius 2 is 1.79 bits per heavy atom. The standard InChI is InChI=1S/C29H32F3N3O2S/c1-37-26-19-21(11-14-27(26)38-33)28(36)34-22-12-13-23(24-9-2-3-10-25(24)29(30,31)32)20(18-22)8-4-5-15-35-16-6-7-17-35/h2-3,9-14,18-19H,4-8,15-17,33H2,1H3,(H,34,36). The van der Waals surface area contributed by atoms with Crippen molar-refractivity contribution in [1.82, 2.24) is 4.90 Å². The molecule has 1 saturated heterocycles. The number of rotatable bonds is 10. The Labute approximate surface area is 225 Å². The van der Waals surface area contributed by atoms with Crippen molar-refractivity contribution in [2.24, 2.45) is 5.14 Å². The number of nitrogens with zero attached hydrogens (tertiary/aromatic N) is 1. The third-order valence-corrected chi connectivity index (χ3v) is 7.40. The molecule has 0 radical (unpaired) electrons. The van der Waals surface area contributed by atoms with Crippen molar-refractivity contribution in [3.8, 4) is 16.9 Å². The van der Waals surface area contributed by atoms with Crippen LogP contribution in [0.5, 0.6) is 5.75 Å². The van der Waals surface area contributed by atoms with E-state index in [0.29, 0.717) is 33.9 Å².